The van der Waals surface area contributed by atoms with Gasteiger partial charge in [0.2, 0.25) is 0 Å². The maximum absolute atomic E-state index is 9.63. The van der Waals surface area contributed by atoms with E-state index in [0.29, 0.717) is 0 Å². The maximum atomic E-state index is 9.63. The third-order valence-electron chi connectivity index (χ3n) is 4.44. The minimum absolute atomic E-state index is 0.804. The lowest BCUT2D eigenvalue weighted by atomic mass is 10.0. The first-order chi connectivity index (χ1) is 19.9. The van der Waals surface area contributed by atoms with Crippen molar-refractivity contribution in [1.29, 1.82) is 0 Å². The summed E-state index contributed by atoms with van der Waals surface area (Å²) < 4.78 is 7.80. The molecule has 0 amide bonds. The fourth-order valence-corrected chi connectivity index (χ4v) is 5.73. The molecule has 0 bridgehead atoms. The Labute approximate surface area is 332 Å². The van der Waals surface area contributed by atoms with Crippen LogP contribution < -0.4 is 0 Å². The van der Waals surface area contributed by atoms with Gasteiger partial charge in [0, 0.05) is 40.6 Å². The molecule has 0 fully saturated rings. The van der Waals surface area contributed by atoms with E-state index in [-0.39, 0.29) is 0 Å². The summed E-state index contributed by atoms with van der Waals surface area (Å²) in [7, 11) is 0. The van der Waals surface area contributed by atoms with Gasteiger partial charge in [-0.25, -0.2) is 0 Å². The average Bonchev–Trinajstić information content (AvgIpc) is 2.88. The van der Waals surface area contributed by atoms with Crippen molar-refractivity contribution in [3.05, 3.63) is 94.7 Å². The predicted molar refractivity (Wildman–Crippen MR) is 219 cm³/mol. The largest absolute Gasteiger partial charge is 0.378 e. The van der Waals surface area contributed by atoms with Crippen LogP contribution in [0, 0.1) is 50.1 Å². The van der Waals surface area contributed by atoms with Crippen molar-refractivity contribution in [3.63, 3.8) is 0 Å². The summed E-state index contributed by atoms with van der Waals surface area (Å²) in [5.74, 6) is 13.6. The van der Waals surface area contributed by atoms with Crippen molar-refractivity contribution in [2.24, 2.45) is 0 Å². The van der Waals surface area contributed by atoms with Gasteiger partial charge < -0.3 is 15.3 Å². The normalized spacial score (nSPS) is 10.5. The van der Waals surface area contributed by atoms with Crippen LogP contribution in [0.3, 0.4) is 0 Å². The van der Waals surface area contributed by atoms with Crippen molar-refractivity contribution in [3.8, 4) is 36.0 Å². The van der Waals surface area contributed by atoms with E-state index in [2.05, 4.69) is 167 Å². The van der Waals surface area contributed by atoms with Crippen LogP contribution in [0.2, 0.25) is 0 Å². The fourth-order valence-electron chi connectivity index (χ4n) is 2.28. The molecule has 3 N–H and O–H groups in total. The van der Waals surface area contributed by atoms with Gasteiger partial charge in [-0.2, -0.15) is 0 Å². The Kier molecular flexibility index (Phi) is 20.5. The second kappa shape index (κ2) is 20.4. The van der Waals surface area contributed by atoms with Crippen molar-refractivity contribution in [2.45, 2.75) is 65.3 Å². The SMILES string of the molecule is Brc1cc(I)c(Br)cc1I.Brc1ccc(Br)cc1.C#CC(C)(C)O.Cc1cc(C#CC(C)(C)O)c(Br)cc1C#CC(C)(C)O. The second-order valence-corrected chi connectivity index (χ2v) is 17.3. The Balaban J connectivity index is 0.000000637. The molecule has 0 heterocycles. The zero-order chi connectivity index (χ0) is 34.5. The predicted octanol–water partition coefficient (Wildman–Crippen LogP) is 11.0. The van der Waals surface area contributed by atoms with Crippen molar-refractivity contribution < 1.29 is 15.3 Å². The lowest BCUT2D eigenvalue weighted by molar-refractivity contribution is 0.143. The molecule has 0 spiro atoms. The molecule has 0 aromatic heterocycles. The average molecular weight is 1140 g/mol. The fraction of sp³-hybridized carbons (Fsp3) is 0.294. The third-order valence-corrected chi connectivity index (χ3v) is 10.7. The summed E-state index contributed by atoms with van der Waals surface area (Å²) >= 11 is 21.6. The van der Waals surface area contributed by atoms with E-state index in [0.717, 1.165) is 39.1 Å². The highest BCUT2D eigenvalue weighted by atomic mass is 127. The Morgan fingerprint density at radius 3 is 1.25 bits per heavy atom. The molecule has 0 unspecified atom stereocenters. The molecule has 0 aliphatic heterocycles. The molecule has 0 atom stereocenters. The van der Waals surface area contributed by atoms with Gasteiger partial charge in [0.1, 0.15) is 16.8 Å². The lowest BCUT2D eigenvalue weighted by Crippen LogP contribution is -2.14. The Hall–Kier alpha value is 0.0800. The lowest BCUT2D eigenvalue weighted by Gasteiger charge is -2.08. The highest BCUT2D eigenvalue weighted by molar-refractivity contribution is 14.1. The van der Waals surface area contributed by atoms with Gasteiger partial charge in [0.05, 0.1) is 0 Å². The topological polar surface area (TPSA) is 60.7 Å². The molecule has 3 nitrogen and oxygen atoms in total. The summed E-state index contributed by atoms with van der Waals surface area (Å²) in [4.78, 5) is 0. The highest BCUT2D eigenvalue weighted by Gasteiger charge is 2.09. The minimum atomic E-state index is -1.02. The highest BCUT2D eigenvalue weighted by Crippen LogP contribution is 2.28. The second-order valence-electron chi connectivity index (χ2n) is 10.6. The van der Waals surface area contributed by atoms with E-state index in [4.69, 9.17) is 11.5 Å². The van der Waals surface area contributed by atoms with E-state index in [1.54, 1.807) is 41.5 Å². The first-order valence-electron chi connectivity index (χ1n) is 12.7. The smallest absolute Gasteiger partial charge is 0.120 e. The summed E-state index contributed by atoms with van der Waals surface area (Å²) in [5, 5.41) is 27.9. The summed E-state index contributed by atoms with van der Waals surface area (Å²) in [6.45, 7) is 11.6. The molecular weight excluding hydrogens is 1110 g/mol. The van der Waals surface area contributed by atoms with E-state index in [1.807, 2.05) is 43.3 Å². The zero-order valence-corrected chi connectivity index (χ0v) is 37.4. The van der Waals surface area contributed by atoms with Crippen molar-refractivity contribution >= 4 is 125 Å². The summed E-state index contributed by atoms with van der Waals surface area (Å²) in [6.07, 6.45) is 4.81. The van der Waals surface area contributed by atoms with Crippen LogP contribution >= 0.6 is 125 Å². The molecule has 3 aromatic rings. The first-order valence-corrected chi connectivity index (χ1v) is 18.8. The number of aryl methyl sites for hydroxylation is 1. The van der Waals surface area contributed by atoms with E-state index in [9.17, 15) is 10.2 Å². The number of aliphatic hydroxyl groups is 3. The zero-order valence-electron chi connectivity index (χ0n) is 25.2. The van der Waals surface area contributed by atoms with Crippen LogP contribution in [0.1, 0.15) is 58.2 Å². The molecule has 44 heavy (non-hydrogen) atoms. The van der Waals surface area contributed by atoms with Crippen LogP contribution in [0.5, 0.6) is 0 Å². The first kappa shape index (κ1) is 44.1. The van der Waals surface area contributed by atoms with Crippen LogP contribution in [-0.4, -0.2) is 32.1 Å². The van der Waals surface area contributed by atoms with Crippen molar-refractivity contribution in [1.82, 2.24) is 0 Å². The van der Waals surface area contributed by atoms with Gasteiger partial charge in [-0.1, -0.05) is 61.5 Å². The number of benzene rings is 3. The number of halogens is 7. The molecule has 10 heteroatoms. The van der Waals surface area contributed by atoms with E-state index < -0.39 is 16.8 Å². The molecule has 0 aliphatic carbocycles. The van der Waals surface area contributed by atoms with Gasteiger partial charge >= 0.3 is 0 Å². The van der Waals surface area contributed by atoms with Gasteiger partial charge in [-0.05, 0) is 196 Å². The Bertz CT molecular complexity index is 1430. The molecule has 3 aromatic carbocycles. The number of rotatable bonds is 0. The number of terminal acetylenes is 1. The molecule has 0 saturated carbocycles. The van der Waals surface area contributed by atoms with Crippen LogP contribution in [0.25, 0.3) is 0 Å². The van der Waals surface area contributed by atoms with Gasteiger partial charge in [-0.15, -0.1) is 6.42 Å². The van der Waals surface area contributed by atoms with E-state index in [1.165, 1.54) is 7.14 Å². The molecule has 236 valence electrons. The Morgan fingerprint density at radius 1 is 0.591 bits per heavy atom. The number of hydrogen-bond donors (Lipinski definition) is 3. The van der Waals surface area contributed by atoms with Gasteiger partial charge in [0.15, 0.2) is 0 Å². The minimum Gasteiger partial charge on any atom is -0.378 e. The van der Waals surface area contributed by atoms with E-state index >= 15 is 0 Å². The van der Waals surface area contributed by atoms with Gasteiger partial charge in [0.25, 0.3) is 0 Å². The van der Waals surface area contributed by atoms with Gasteiger partial charge in [-0.3, -0.25) is 0 Å². The quantitative estimate of drug-likeness (QED) is 0.119. The van der Waals surface area contributed by atoms with Crippen LogP contribution in [0.15, 0.2) is 70.9 Å². The molecule has 0 radical (unpaired) electrons. The van der Waals surface area contributed by atoms with Crippen LogP contribution in [-0.2, 0) is 0 Å². The summed E-state index contributed by atoms with van der Waals surface area (Å²) in [6, 6.07) is 15.9. The Morgan fingerprint density at radius 2 is 0.932 bits per heavy atom. The molecule has 0 saturated heterocycles. The third kappa shape index (κ3) is 21.8. The molecule has 0 aliphatic rings. The summed E-state index contributed by atoms with van der Waals surface area (Å²) in [5.41, 5.74) is -0.346. The van der Waals surface area contributed by atoms with Crippen LogP contribution in [0.4, 0.5) is 0 Å². The maximum Gasteiger partial charge on any atom is 0.120 e. The monoisotopic (exact) mass is 1140 g/mol. The standard InChI is InChI=1S/C17H19BrO2.C6H2Br2I2.C6H4Br2.C5H8O/c1-12-10-14(7-9-17(4,5)20)15(18)11-13(12)6-8-16(2,3)19;7-3-1-5(9)4(8)2-6(3)10;7-5-1-2-6(8)4-3-5;1-4-5(2,3)6/h10-11,19-20H,1-5H3;1-2H;1-4H;1,6H,2-3H3. The molecular formula is C34H33Br5I2O3. The van der Waals surface area contributed by atoms with Crippen molar-refractivity contribution in [2.75, 3.05) is 0 Å². The molecule has 3 rings (SSSR count). The number of hydrogen-bond acceptors (Lipinski definition) is 3.